The van der Waals surface area contributed by atoms with Gasteiger partial charge in [-0.3, -0.25) is 9.69 Å². The van der Waals surface area contributed by atoms with Gasteiger partial charge in [0.25, 0.3) is 0 Å². The number of nitrogens with zero attached hydrogens (tertiary/aromatic N) is 1. The molecule has 19 heavy (non-hydrogen) atoms. The van der Waals surface area contributed by atoms with Crippen LogP contribution in [0.4, 0.5) is 0 Å². The molecule has 0 radical (unpaired) electrons. The predicted octanol–water partition coefficient (Wildman–Crippen LogP) is 2.24. The van der Waals surface area contributed by atoms with Gasteiger partial charge in [0.1, 0.15) is 0 Å². The summed E-state index contributed by atoms with van der Waals surface area (Å²) in [6.07, 6.45) is 10.5. The summed E-state index contributed by atoms with van der Waals surface area (Å²) in [5.41, 5.74) is 0. The molecule has 2 aliphatic rings. The topological polar surface area (TPSA) is 52.6 Å². The largest absolute Gasteiger partial charge is 0.481 e. The first kappa shape index (κ1) is 14.8. The van der Waals surface area contributed by atoms with Crippen LogP contribution in [0, 0.1) is 0 Å². The second kappa shape index (κ2) is 7.85. The predicted molar refractivity (Wildman–Crippen MR) is 76.3 cm³/mol. The van der Waals surface area contributed by atoms with Crippen LogP contribution in [0.3, 0.4) is 0 Å². The summed E-state index contributed by atoms with van der Waals surface area (Å²) in [6.45, 7) is 3.27. The van der Waals surface area contributed by atoms with E-state index >= 15 is 0 Å². The lowest BCUT2D eigenvalue weighted by atomic mass is 9.92. The second-order valence-electron chi connectivity index (χ2n) is 6.08. The molecule has 1 atom stereocenters. The van der Waals surface area contributed by atoms with Crippen molar-refractivity contribution < 1.29 is 9.90 Å². The Morgan fingerprint density at radius 3 is 2.68 bits per heavy atom. The summed E-state index contributed by atoms with van der Waals surface area (Å²) in [5, 5.41) is 12.2. The average molecular weight is 268 g/mol. The van der Waals surface area contributed by atoms with Gasteiger partial charge >= 0.3 is 5.97 Å². The number of hydrogen-bond acceptors (Lipinski definition) is 3. The number of carboxylic acid groups (broad SMARTS) is 1. The molecule has 2 N–H and O–H groups in total. The van der Waals surface area contributed by atoms with E-state index in [0.717, 1.165) is 25.6 Å². The molecule has 2 fully saturated rings. The van der Waals surface area contributed by atoms with E-state index in [0.29, 0.717) is 6.04 Å². The molecule has 0 aromatic heterocycles. The van der Waals surface area contributed by atoms with Crippen LogP contribution in [0.1, 0.15) is 57.8 Å². The third kappa shape index (κ3) is 5.11. The molecule has 4 nitrogen and oxygen atoms in total. The third-order valence-electron chi connectivity index (χ3n) is 4.54. The number of aliphatic carboxylic acids is 1. The van der Waals surface area contributed by atoms with E-state index in [4.69, 9.17) is 5.11 Å². The zero-order valence-electron chi connectivity index (χ0n) is 11.9. The maximum atomic E-state index is 10.5. The van der Waals surface area contributed by atoms with Crippen LogP contribution in [-0.2, 0) is 4.79 Å². The zero-order chi connectivity index (χ0) is 13.5. The Labute approximate surface area is 116 Å². The maximum Gasteiger partial charge on any atom is 0.303 e. The number of rotatable bonds is 6. The van der Waals surface area contributed by atoms with Crippen LogP contribution in [-0.4, -0.2) is 47.7 Å². The lowest BCUT2D eigenvalue weighted by molar-refractivity contribution is -0.137. The van der Waals surface area contributed by atoms with Crippen LogP contribution in [0.5, 0.6) is 0 Å². The number of likely N-dealkylation sites (tertiary alicyclic amines) is 1. The standard InChI is InChI=1S/C15H28N2O2/c18-15(19)9-4-10-16-13-6-5-11-17(12-13)14-7-2-1-3-8-14/h13-14,16H,1-12H2,(H,18,19). The van der Waals surface area contributed by atoms with Crippen LogP contribution in [0.15, 0.2) is 0 Å². The van der Waals surface area contributed by atoms with Gasteiger partial charge in [-0.25, -0.2) is 0 Å². The van der Waals surface area contributed by atoms with Crippen molar-refractivity contribution >= 4 is 5.97 Å². The van der Waals surface area contributed by atoms with E-state index < -0.39 is 5.97 Å². The monoisotopic (exact) mass is 268 g/mol. The normalized spacial score (nSPS) is 26.4. The highest BCUT2D eigenvalue weighted by atomic mass is 16.4. The molecule has 0 aromatic carbocycles. The van der Waals surface area contributed by atoms with Crippen LogP contribution in [0.2, 0.25) is 0 Å². The second-order valence-corrected chi connectivity index (χ2v) is 6.08. The Hall–Kier alpha value is -0.610. The summed E-state index contributed by atoms with van der Waals surface area (Å²) in [7, 11) is 0. The first-order chi connectivity index (χ1) is 9.25. The lowest BCUT2D eigenvalue weighted by Crippen LogP contribution is -2.50. The molecule has 110 valence electrons. The molecule has 1 aliphatic heterocycles. The molecule has 1 saturated heterocycles. The molecule has 0 aromatic rings. The van der Waals surface area contributed by atoms with Crippen molar-refractivity contribution in [1.82, 2.24) is 10.2 Å². The highest BCUT2D eigenvalue weighted by Gasteiger charge is 2.26. The fourth-order valence-corrected chi connectivity index (χ4v) is 3.50. The van der Waals surface area contributed by atoms with Gasteiger partial charge in [0, 0.05) is 25.0 Å². The van der Waals surface area contributed by atoms with E-state index in [1.807, 2.05) is 0 Å². The molecule has 1 aliphatic carbocycles. The van der Waals surface area contributed by atoms with Crippen LogP contribution < -0.4 is 5.32 Å². The van der Waals surface area contributed by atoms with E-state index in [1.165, 1.54) is 51.5 Å². The van der Waals surface area contributed by atoms with Gasteiger partial charge in [-0.15, -0.1) is 0 Å². The maximum absolute atomic E-state index is 10.5. The highest BCUT2D eigenvalue weighted by molar-refractivity contribution is 5.66. The van der Waals surface area contributed by atoms with Gasteiger partial charge in [0.2, 0.25) is 0 Å². The SMILES string of the molecule is O=C(O)CCCNC1CCCN(C2CCCCC2)C1. The Morgan fingerprint density at radius 2 is 1.95 bits per heavy atom. The molecule has 1 saturated carbocycles. The summed E-state index contributed by atoms with van der Waals surface area (Å²) >= 11 is 0. The lowest BCUT2D eigenvalue weighted by Gasteiger charge is -2.40. The number of carboxylic acids is 1. The minimum atomic E-state index is -0.686. The molecule has 0 bridgehead atoms. The number of hydrogen-bond donors (Lipinski definition) is 2. The van der Waals surface area contributed by atoms with E-state index in [1.54, 1.807) is 0 Å². The van der Waals surface area contributed by atoms with Gasteiger partial charge in [-0.2, -0.15) is 0 Å². The van der Waals surface area contributed by atoms with Gasteiger partial charge in [-0.05, 0) is 45.2 Å². The quantitative estimate of drug-likeness (QED) is 0.725. The van der Waals surface area contributed by atoms with Crippen molar-refractivity contribution in [3.05, 3.63) is 0 Å². The van der Waals surface area contributed by atoms with Gasteiger partial charge in [-0.1, -0.05) is 19.3 Å². The number of piperidine rings is 1. The molecule has 4 heteroatoms. The summed E-state index contributed by atoms with van der Waals surface area (Å²) < 4.78 is 0. The Morgan fingerprint density at radius 1 is 1.16 bits per heavy atom. The Balaban J connectivity index is 1.66. The van der Waals surface area contributed by atoms with Crippen molar-refractivity contribution in [2.75, 3.05) is 19.6 Å². The van der Waals surface area contributed by atoms with Gasteiger partial charge in [0.05, 0.1) is 0 Å². The van der Waals surface area contributed by atoms with Crippen molar-refractivity contribution in [3.8, 4) is 0 Å². The zero-order valence-corrected chi connectivity index (χ0v) is 11.9. The minimum Gasteiger partial charge on any atom is -0.481 e. The fraction of sp³-hybridized carbons (Fsp3) is 0.933. The summed E-state index contributed by atoms with van der Waals surface area (Å²) in [4.78, 5) is 13.2. The molecular formula is C15H28N2O2. The van der Waals surface area contributed by atoms with Crippen LogP contribution in [0.25, 0.3) is 0 Å². The molecule has 0 spiro atoms. The average Bonchev–Trinajstić information content (AvgIpc) is 2.45. The molecule has 1 unspecified atom stereocenters. The first-order valence-corrected chi connectivity index (χ1v) is 7.95. The molecule has 1 heterocycles. The minimum absolute atomic E-state index is 0.284. The van der Waals surface area contributed by atoms with Crippen molar-refractivity contribution in [2.24, 2.45) is 0 Å². The van der Waals surface area contributed by atoms with Crippen LogP contribution >= 0.6 is 0 Å². The van der Waals surface area contributed by atoms with E-state index in [2.05, 4.69) is 10.2 Å². The van der Waals surface area contributed by atoms with Crippen molar-refractivity contribution in [3.63, 3.8) is 0 Å². The Bertz CT molecular complexity index is 277. The van der Waals surface area contributed by atoms with Crippen molar-refractivity contribution in [2.45, 2.75) is 69.9 Å². The van der Waals surface area contributed by atoms with E-state index in [9.17, 15) is 4.79 Å². The third-order valence-corrected chi connectivity index (χ3v) is 4.54. The molecule has 0 amide bonds. The van der Waals surface area contributed by atoms with Gasteiger partial charge in [0.15, 0.2) is 0 Å². The number of nitrogens with one attached hydrogen (secondary N) is 1. The highest BCUT2D eigenvalue weighted by Crippen LogP contribution is 2.25. The first-order valence-electron chi connectivity index (χ1n) is 7.95. The fourth-order valence-electron chi connectivity index (χ4n) is 3.50. The molecular weight excluding hydrogens is 240 g/mol. The van der Waals surface area contributed by atoms with Gasteiger partial charge < -0.3 is 10.4 Å². The van der Waals surface area contributed by atoms with Crippen molar-refractivity contribution in [1.29, 1.82) is 0 Å². The number of carbonyl (C=O) groups is 1. The van der Waals surface area contributed by atoms with E-state index in [-0.39, 0.29) is 6.42 Å². The summed E-state index contributed by atoms with van der Waals surface area (Å²) in [6, 6.07) is 1.39. The smallest absolute Gasteiger partial charge is 0.303 e. The molecule has 2 rings (SSSR count). The summed E-state index contributed by atoms with van der Waals surface area (Å²) in [5.74, 6) is -0.686. The Kier molecular flexibility index (Phi) is 6.11.